The van der Waals surface area contributed by atoms with Gasteiger partial charge in [-0.2, -0.15) is 4.31 Å². The molecular formula is C21H25NO5S2. The summed E-state index contributed by atoms with van der Waals surface area (Å²) in [6, 6.07) is 11.9. The molecule has 1 unspecified atom stereocenters. The molecule has 1 fully saturated rings. The SMILES string of the molecule is COc1ccc(CN(C2CCS(=O)(=O)C2)S(=O)(=O)c2ccc3c(c2)CCC3)cc1. The van der Waals surface area contributed by atoms with Crippen molar-refractivity contribution in [3.8, 4) is 5.75 Å². The zero-order valence-electron chi connectivity index (χ0n) is 16.4. The fraction of sp³-hybridized carbons (Fsp3) is 0.429. The molecule has 6 nitrogen and oxygen atoms in total. The summed E-state index contributed by atoms with van der Waals surface area (Å²) in [7, 11) is -5.48. The minimum absolute atomic E-state index is 0.0243. The lowest BCUT2D eigenvalue weighted by atomic mass is 10.1. The van der Waals surface area contributed by atoms with Crippen molar-refractivity contribution in [2.75, 3.05) is 18.6 Å². The van der Waals surface area contributed by atoms with Gasteiger partial charge in [0.2, 0.25) is 10.0 Å². The van der Waals surface area contributed by atoms with Gasteiger partial charge < -0.3 is 4.74 Å². The number of sulfonamides is 1. The maximum absolute atomic E-state index is 13.6. The lowest BCUT2D eigenvalue weighted by Crippen LogP contribution is -2.40. The molecule has 1 aliphatic heterocycles. The van der Waals surface area contributed by atoms with Gasteiger partial charge in [-0.05, 0) is 66.6 Å². The van der Waals surface area contributed by atoms with Crippen LogP contribution in [-0.4, -0.2) is 45.8 Å². The van der Waals surface area contributed by atoms with Crippen molar-refractivity contribution in [1.82, 2.24) is 4.31 Å². The number of aryl methyl sites for hydroxylation is 2. The fourth-order valence-corrected chi connectivity index (χ4v) is 7.69. The second-order valence-electron chi connectivity index (χ2n) is 7.74. The molecule has 2 aromatic carbocycles. The minimum atomic E-state index is -3.83. The predicted octanol–water partition coefficient (Wildman–Crippen LogP) is 2.56. The third-order valence-corrected chi connectivity index (χ3v) is 9.43. The summed E-state index contributed by atoms with van der Waals surface area (Å²) in [4.78, 5) is 0.246. The van der Waals surface area contributed by atoms with Crippen molar-refractivity contribution < 1.29 is 21.6 Å². The Morgan fingerprint density at radius 2 is 1.79 bits per heavy atom. The number of sulfone groups is 1. The maximum Gasteiger partial charge on any atom is 0.243 e. The lowest BCUT2D eigenvalue weighted by molar-refractivity contribution is 0.334. The third kappa shape index (κ3) is 4.20. The normalized spacial score (nSPS) is 20.7. The summed E-state index contributed by atoms with van der Waals surface area (Å²) in [6.07, 6.45) is 3.22. The van der Waals surface area contributed by atoms with Crippen LogP contribution in [0.25, 0.3) is 0 Å². The molecule has 156 valence electrons. The number of rotatable bonds is 6. The van der Waals surface area contributed by atoms with Gasteiger partial charge in [0.1, 0.15) is 5.75 Å². The number of hydrogen-bond donors (Lipinski definition) is 0. The van der Waals surface area contributed by atoms with Crippen molar-refractivity contribution in [3.05, 3.63) is 59.2 Å². The van der Waals surface area contributed by atoms with Crippen LogP contribution in [0.15, 0.2) is 47.4 Å². The molecule has 1 atom stereocenters. The van der Waals surface area contributed by atoms with Crippen LogP contribution in [0.5, 0.6) is 5.75 Å². The Morgan fingerprint density at radius 3 is 2.45 bits per heavy atom. The Morgan fingerprint density at radius 1 is 1.07 bits per heavy atom. The van der Waals surface area contributed by atoms with Gasteiger partial charge in [0.15, 0.2) is 9.84 Å². The Labute approximate surface area is 172 Å². The predicted molar refractivity (Wildman–Crippen MR) is 111 cm³/mol. The van der Waals surface area contributed by atoms with Crippen molar-refractivity contribution >= 4 is 19.9 Å². The maximum atomic E-state index is 13.6. The van der Waals surface area contributed by atoms with Crippen LogP contribution in [0.2, 0.25) is 0 Å². The van der Waals surface area contributed by atoms with E-state index in [1.807, 2.05) is 18.2 Å². The first-order valence-corrected chi connectivity index (χ1v) is 13.0. The molecule has 0 saturated carbocycles. The summed E-state index contributed by atoms with van der Waals surface area (Å²) in [5.74, 6) is 0.578. The molecular weight excluding hydrogens is 410 g/mol. The highest BCUT2D eigenvalue weighted by Crippen LogP contribution is 2.30. The van der Waals surface area contributed by atoms with Crippen LogP contribution < -0.4 is 4.74 Å². The van der Waals surface area contributed by atoms with Crippen LogP contribution in [0.1, 0.15) is 29.5 Å². The van der Waals surface area contributed by atoms with E-state index < -0.39 is 25.9 Å². The summed E-state index contributed by atoms with van der Waals surface area (Å²) in [5, 5.41) is 0. The van der Waals surface area contributed by atoms with E-state index in [4.69, 9.17) is 4.74 Å². The Balaban J connectivity index is 1.70. The van der Waals surface area contributed by atoms with Gasteiger partial charge in [-0.15, -0.1) is 0 Å². The molecule has 0 radical (unpaired) electrons. The van der Waals surface area contributed by atoms with Gasteiger partial charge in [0.05, 0.1) is 23.5 Å². The van der Waals surface area contributed by atoms with Gasteiger partial charge >= 0.3 is 0 Å². The molecule has 0 aromatic heterocycles. The molecule has 8 heteroatoms. The van der Waals surface area contributed by atoms with E-state index in [0.29, 0.717) is 12.2 Å². The quantitative estimate of drug-likeness (QED) is 0.697. The molecule has 2 aliphatic rings. The molecule has 1 heterocycles. The van der Waals surface area contributed by atoms with Gasteiger partial charge in [-0.3, -0.25) is 0 Å². The molecule has 0 N–H and O–H groups in total. The van der Waals surface area contributed by atoms with Crippen molar-refractivity contribution in [1.29, 1.82) is 0 Å². The topological polar surface area (TPSA) is 80.8 Å². The first-order valence-electron chi connectivity index (χ1n) is 9.75. The van der Waals surface area contributed by atoms with E-state index in [9.17, 15) is 16.8 Å². The molecule has 0 amide bonds. The fourth-order valence-electron chi connectivity index (χ4n) is 4.17. The Kier molecular flexibility index (Phi) is 5.44. The average molecular weight is 436 g/mol. The Hall–Kier alpha value is -1.90. The molecule has 1 saturated heterocycles. The number of benzene rings is 2. The van der Waals surface area contributed by atoms with E-state index in [1.165, 1.54) is 9.87 Å². The highest BCUT2D eigenvalue weighted by Gasteiger charge is 2.39. The largest absolute Gasteiger partial charge is 0.497 e. The number of hydrogen-bond acceptors (Lipinski definition) is 5. The summed E-state index contributed by atoms with van der Waals surface area (Å²) in [5.41, 5.74) is 3.07. The molecule has 1 aliphatic carbocycles. The summed E-state index contributed by atoms with van der Waals surface area (Å²) >= 11 is 0. The van der Waals surface area contributed by atoms with Crippen molar-refractivity contribution in [2.24, 2.45) is 0 Å². The number of nitrogens with zero attached hydrogens (tertiary/aromatic N) is 1. The average Bonchev–Trinajstić information content (AvgIpc) is 3.31. The second kappa shape index (κ2) is 7.74. The zero-order valence-corrected chi connectivity index (χ0v) is 18.0. The molecule has 0 spiro atoms. The minimum Gasteiger partial charge on any atom is -0.497 e. The first kappa shape index (κ1) is 20.4. The highest BCUT2D eigenvalue weighted by atomic mass is 32.2. The Bertz CT molecular complexity index is 1110. The molecule has 0 bridgehead atoms. The van der Waals surface area contributed by atoms with Gasteiger partial charge in [0.25, 0.3) is 0 Å². The molecule has 2 aromatic rings. The third-order valence-electron chi connectivity index (χ3n) is 5.79. The van der Waals surface area contributed by atoms with E-state index >= 15 is 0 Å². The van der Waals surface area contributed by atoms with Crippen LogP contribution in [0.4, 0.5) is 0 Å². The van der Waals surface area contributed by atoms with E-state index in [1.54, 1.807) is 31.4 Å². The highest BCUT2D eigenvalue weighted by molar-refractivity contribution is 7.92. The monoisotopic (exact) mass is 435 g/mol. The van der Waals surface area contributed by atoms with Gasteiger partial charge in [-0.25, -0.2) is 16.8 Å². The standard InChI is InChI=1S/C21H25NO5S2/c1-27-20-8-5-16(6-9-20)14-22(19-11-12-28(23,24)15-19)29(25,26)21-10-7-17-3-2-4-18(17)13-21/h5-10,13,19H,2-4,11-12,14-15H2,1H3. The van der Waals surface area contributed by atoms with E-state index in [2.05, 4.69) is 0 Å². The zero-order chi connectivity index (χ0) is 20.6. The number of fused-ring (bicyclic) bond motifs is 1. The van der Waals surface area contributed by atoms with Crippen LogP contribution >= 0.6 is 0 Å². The van der Waals surface area contributed by atoms with Crippen molar-refractivity contribution in [2.45, 2.75) is 43.2 Å². The molecule has 4 rings (SSSR count). The van der Waals surface area contributed by atoms with Crippen LogP contribution in [-0.2, 0) is 39.2 Å². The second-order valence-corrected chi connectivity index (χ2v) is 11.9. The lowest BCUT2D eigenvalue weighted by Gasteiger charge is -2.28. The van der Waals surface area contributed by atoms with E-state index in [0.717, 1.165) is 30.4 Å². The van der Waals surface area contributed by atoms with Crippen molar-refractivity contribution in [3.63, 3.8) is 0 Å². The first-order chi connectivity index (χ1) is 13.8. The summed E-state index contributed by atoms with van der Waals surface area (Å²) < 4.78 is 57.8. The van der Waals surface area contributed by atoms with E-state index in [-0.39, 0.29) is 22.9 Å². The number of ether oxygens (including phenoxy) is 1. The summed E-state index contributed by atoms with van der Waals surface area (Å²) in [6.45, 7) is 0.129. The van der Waals surface area contributed by atoms with Gasteiger partial charge in [0, 0.05) is 12.6 Å². The molecule has 29 heavy (non-hydrogen) atoms. The number of methoxy groups -OCH3 is 1. The van der Waals surface area contributed by atoms with Crippen LogP contribution in [0.3, 0.4) is 0 Å². The van der Waals surface area contributed by atoms with Gasteiger partial charge in [-0.1, -0.05) is 18.2 Å². The van der Waals surface area contributed by atoms with Crippen LogP contribution in [0, 0.1) is 0 Å². The smallest absolute Gasteiger partial charge is 0.243 e.